The van der Waals surface area contributed by atoms with Gasteiger partial charge in [0.1, 0.15) is 11.6 Å². The molecular formula is C21H16F2N2O4S. The topological polar surface area (TPSA) is 92.3 Å². The molecule has 0 aliphatic heterocycles. The summed E-state index contributed by atoms with van der Waals surface area (Å²) in [7, 11) is -4.10. The first-order valence-electron chi connectivity index (χ1n) is 8.66. The van der Waals surface area contributed by atoms with Crippen molar-refractivity contribution in [1.82, 2.24) is 0 Å². The summed E-state index contributed by atoms with van der Waals surface area (Å²) in [5.74, 6) is -2.89. The van der Waals surface area contributed by atoms with Crippen molar-refractivity contribution >= 4 is 33.1 Å². The quantitative estimate of drug-likeness (QED) is 0.579. The maximum absolute atomic E-state index is 14.0. The highest BCUT2D eigenvalue weighted by molar-refractivity contribution is 7.92. The molecule has 0 unspecified atom stereocenters. The minimum absolute atomic E-state index is 0.0860. The molecule has 154 valence electrons. The van der Waals surface area contributed by atoms with Gasteiger partial charge in [-0.1, -0.05) is 12.1 Å². The van der Waals surface area contributed by atoms with Gasteiger partial charge in [0.15, 0.2) is 5.78 Å². The van der Waals surface area contributed by atoms with Crippen LogP contribution in [0.5, 0.6) is 0 Å². The summed E-state index contributed by atoms with van der Waals surface area (Å²) in [5, 5.41) is 2.52. The molecule has 0 spiro atoms. The van der Waals surface area contributed by atoms with Crippen LogP contribution in [0.15, 0.2) is 71.6 Å². The van der Waals surface area contributed by atoms with E-state index in [9.17, 15) is 26.8 Å². The number of anilines is 2. The lowest BCUT2D eigenvalue weighted by atomic mass is 10.0. The summed E-state index contributed by atoms with van der Waals surface area (Å²) in [4.78, 5) is 23.7. The number of carbonyl (C=O) groups is 2. The second kappa shape index (κ2) is 8.42. The van der Waals surface area contributed by atoms with Crippen LogP contribution < -0.4 is 10.0 Å². The highest BCUT2D eigenvalue weighted by atomic mass is 32.2. The largest absolute Gasteiger partial charge is 0.326 e. The number of halogens is 2. The lowest BCUT2D eigenvalue weighted by Crippen LogP contribution is -2.16. The van der Waals surface area contributed by atoms with Gasteiger partial charge in [-0.2, -0.15) is 0 Å². The van der Waals surface area contributed by atoms with Crippen molar-refractivity contribution in [3.8, 4) is 0 Å². The third kappa shape index (κ3) is 4.69. The minimum atomic E-state index is -4.10. The fraction of sp³-hybridized carbons (Fsp3) is 0.0476. The van der Waals surface area contributed by atoms with E-state index in [1.807, 2.05) is 0 Å². The van der Waals surface area contributed by atoms with Crippen LogP contribution in [0.3, 0.4) is 0 Å². The Morgan fingerprint density at radius 2 is 1.53 bits per heavy atom. The van der Waals surface area contributed by atoms with E-state index in [1.54, 1.807) is 0 Å². The average molecular weight is 430 g/mol. The van der Waals surface area contributed by atoms with Gasteiger partial charge >= 0.3 is 0 Å². The molecule has 3 rings (SSSR count). The number of benzene rings is 3. The third-order valence-corrected chi connectivity index (χ3v) is 5.46. The minimum Gasteiger partial charge on any atom is -0.326 e. The van der Waals surface area contributed by atoms with E-state index in [2.05, 4.69) is 10.0 Å². The van der Waals surface area contributed by atoms with Crippen LogP contribution in [0.2, 0.25) is 0 Å². The van der Waals surface area contributed by atoms with Crippen LogP contribution in [0.25, 0.3) is 0 Å². The number of sulfonamides is 1. The van der Waals surface area contributed by atoms with Gasteiger partial charge in [0.2, 0.25) is 5.91 Å². The second-order valence-corrected chi connectivity index (χ2v) is 7.99. The van der Waals surface area contributed by atoms with Crippen molar-refractivity contribution in [1.29, 1.82) is 0 Å². The summed E-state index contributed by atoms with van der Waals surface area (Å²) in [6.45, 7) is 1.32. The molecule has 30 heavy (non-hydrogen) atoms. The second-order valence-electron chi connectivity index (χ2n) is 6.31. The Morgan fingerprint density at radius 1 is 0.867 bits per heavy atom. The van der Waals surface area contributed by atoms with Gasteiger partial charge in [0, 0.05) is 18.2 Å². The normalized spacial score (nSPS) is 11.0. The molecule has 0 atom stereocenters. The van der Waals surface area contributed by atoms with E-state index in [0.29, 0.717) is 5.69 Å². The number of para-hydroxylation sites is 1. The number of nitrogens with one attached hydrogen (secondary N) is 2. The SMILES string of the molecule is CC(=O)Nc1ccc(S(=O)(=O)Nc2ccccc2C(=O)c2cc(F)ccc2F)cc1. The van der Waals surface area contributed by atoms with Crippen molar-refractivity contribution in [3.63, 3.8) is 0 Å². The molecule has 0 heterocycles. The van der Waals surface area contributed by atoms with Crippen molar-refractivity contribution in [2.75, 3.05) is 10.0 Å². The van der Waals surface area contributed by atoms with Gasteiger partial charge in [0.05, 0.1) is 16.1 Å². The van der Waals surface area contributed by atoms with Crippen LogP contribution in [0.1, 0.15) is 22.8 Å². The molecule has 0 fully saturated rings. The molecule has 0 saturated carbocycles. The zero-order valence-corrected chi connectivity index (χ0v) is 16.5. The maximum Gasteiger partial charge on any atom is 0.261 e. The molecule has 1 amide bonds. The average Bonchev–Trinajstić information content (AvgIpc) is 2.69. The molecule has 2 N–H and O–H groups in total. The molecule has 3 aromatic rings. The highest BCUT2D eigenvalue weighted by Gasteiger charge is 2.21. The molecule has 0 bridgehead atoms. The lowest BCUT2D eigenvalue weighted by molar-refractivity contribution is -0.114. The molecular weight excluding hydrogens is 414 g/mol. The molecule has 0 aromatic heterocycles. The number of hydrogen-bond acceptors (Lipinski definition) is 4. The number of amides is 1. The van der Waals surface area contributed by atoms with Crippen LogP contribution in [-0.2, 0) is 14.8 Å². The molecule has 3 aromatic carbocycles. The van der Waals surface area contributed by atoms with Gasteiger partial charge in [-0.15, -0.1) is 0 Å². The number of carbonyl (C=O) groups excluding carboxylic acids is 2. The predicted molar refractivity (Wildman–Crippen MR) is 108 cm³/mol. The molecule has 0 saturated heterocycles. The molecule has 0 aliphatic rings. The van der Waals surface area contributed by atoms with E-state index in [0.717, 1.165) is 18.2 Å². The standard InChI is InChI=1S/C21H16F2N2O4S/c1-13(26)24-15-7-9-16(10-8-15)30(28,29)25-20-5-3-2-4-17(20)21(27)18-12-14(22)6-11-19(18)23/h2-12,25H,1H3,(H,24,26). The zero-order valence-electron chi connectivity index (χ0n) is 15.6. The van der Waals surface area contributed by atoms with Crippen LogP contribution in [0, 0.1) is 11.6 Å². The van der Waals surface area contributed by atoms with Gasteiger partial charge in [-0.25, -0.2) is 17.2 Å². The Kier molecular flexibility index (Phi) is 5.93. The first-order chi connectivity index (χ1) is 14.2. The van der Waals surface area contributed by atoms with Crippen molar-refractivity contribution in [3.05, 3.63) is 89.5 Å². The summed E-state index contributed by atoms with van der Waals surface area (Å²) in [5.41, 5.74) is -0.322. The Labute approximate surface area is 171 Å². The highest BCUT2D eigenvalue weighted by Crippen LogP contribution is 2.25. The summed E-state index contributed by atoms with van der Waals surface area (Å²) in [6.07, 6.45) is 0. The Morgan fingerprint density at radius 3 is 2.20 bits per heavy atom. The lowest BCUT2D eigenvalue weighted by Gasteiger charge is -2.13. The van der Waals surface area contributed by atoms with Gasteiger partial charge < -0.3 is 5.32 Å². The molecule has 9 heteroatoms. The number of rotatable bonds is 6. The van der Waals surface area contributed by atoms with Gasteiger partial charge in [-0.05, 0) is 54.6 Å². The molecule has 6 nitrogen and oxygen atoms in total. The predicted octanol–water partition coefficient (Wildman–Crippen LogP) is 3.96. The maximum atomic E-state index is 14.0. The van der Waals surface area contributed by atoms with Crippen LogP contribution in [-0.4, -0.2) is 20.1 Å². The molecule has 0 radical (unpaired) electrons. The van der Waals surface area contributed by atoms with Crippen LogP contribution >= 0.6 is 0 Å². The zero-order chi connectivity index (χ0) is 21.9. The molecule has 0 aliphatic carbocycles. The Hall–Kier alpha value is -3.59. The van der Waals surface area contributed by atoms with Gasteiger partial charge in [-0.3, -0.25) is 14.3 Å². The Bertz CT molecular complexity index is 1230. The van der Waals surface area contributed by atoms with Gasteiger partial charge in [0.25, 0.3) is 10.0 Å². The Balaban J connectivity index is 1.93. The summed E-state index contributed by atoms with van der Waals surface area (Å²) in [6, 6.07) is 13.5. The number of ketones is 1. The van der Waals surface area contributed by atoms with Crippen molar-refractivity contribution in [2.24, 2.45) is 0 Å². The first-order valence-corrected chi connectivity index (χ1v) is 10.1. The smallest absolute Gasteiger partial charge is 0.261 e. The fourth-order valence-corrected chi connectivity index (χ4v) is 3.79. The number of hydrogen-bond donors (Lipinski definition) is 2. The van der Waals surface area contributed by atoms with Crippen molar-refractivity contribution < 1.29 is 26.8 Å². The van der Waals surface area contributed by atoms with E-state index in [1.165, 1.54) is 55.5 Å². The monoisotopic (exact) mass is 430 g/mol. The summed E-state index contributed by atoms with van der Waals surface area (Å²) < 4.78 is 55.2. The van der Waals surface area contributed by atoms with E-state index in [-0.39, 0.29) is 22.1 Å². The first kappa shape index (κ1) is 21.1. The van der Waals surface area contributed by atoms with E-state index >= 15 is 0 Å². The van der Waals surface area contributed by atoms with E-state index < -0.39 is 33.0 Å². The summed E-state index contributed by atoms with van der Waals surface area (Å²) >= 11 is 0. The van der Waals surface area contributed by atoms with Crippen LogP contribution in [0.4, 0.5) is 20.2 Å². The van der Waals surface area contributed by atoms with E-state index in [4.69, 9.17) is 0 Å². The fourth-order valence-electron chi connectivity index (χ4n) is 2.71. The third-order valence-electron chi connectivity index (χ3n) is 4.07. The van der Waals surface area contributed by atoms with Crippen molar-refractivity contribution in [2.45, 2.75) is 11.8 Å².